The first-order valence-corrected chi connectivity index (χ1v) is 11.4. The van der Waals surface area contributed by atoms with Gasteiger partial charge in [0.05, 0.1) is 23.9 Å². The molecule has 3 aromatic carbocycles. The lowest BCUT2D eigenvalue weighted by Crippen LogP contribution is -2.33. The fourth-order valence-corrected chi connectivity index (χ4v) is 3.55. The number of hydrogen-bond acceptors (Lipinski definition) is 6. The normalized spacial score (nSPS) is 11.7. The molecule has 0 aliphatic carbocycles. The molecule has 0 saturated heterocycles. The van der Waals surface area contributed by atoms with E-state index in [1.54, 1.807) is 55.5 Å². The Balaban J connectivity index is 1.61. The predicted octanol–water partition coefficient (Wildman–Crippen LogP) is 5.90. The first-order valence-electron chi connectivity index (χ1n) is 9.87. The summed E-state index contributed by atoms with van der Waals surface area (Å²) >= 11 is 15.2. The van der Waals surface area contributed by atoms with Gasteiger partial charge in [0.2, 0.25) is 0 Å². The van der Waals surface area contributed by atoms with Crippen LogP contribution in [0.5, 0.6) is 17.2 Å². The number of benzene rings is 3. The summed E-state index contributed by atoms with van der Waals surface area (Å²) in [5.41, 5.74) is 3.39. The molecule has 3 rings (SSSR count). The summed E-state index contributed by atoms with van der Waals surface area (Å²) < 4.78 is 17.1. The van der Waals surface area contributed by atoms with E-state index in [1.807, 2.05) is 6.07 Å². The molecule has 1 amide bonds. The third-order valence-electron chi connectivity index (χ3n) is 4.41. The minimum atomic E-state index is -0.856. The van der Waals surface area contributed by atoms with Crippen molar-refractivity contribution in [3.8, 4) is 17.2 Å². The second kappa shape index (κ2) is 11.9. The van der Waals surface area contributed by atoms with Gasteiger partial charge in [-0.1, -0.05) is 45.2 Å². The number of carbonyl (C=O) groups is 2. The highest BCUT2D eigenvalue weighted by molar-refractivity contribution is 9.10. The Hall–Kier alpha value is -3.07. The number of hydrazone groups is 1. The molecule has 0 unspecified atom stereocenters. The molecule has 34 heavy (non-hydrogen) atoms. The van der Waals surface area contributed by atoms with Crippen molar-refractivity contribution in [1.82, 2.24) is 5.43 Å². The molecule has 0 bridgehead atoms. The van der Waals surface area contributed by atoms with Crippen LogP contribution in [0.4, 0.5) is 0 Å². The maximum atomic E-state index is 12.4. The van der Waals surface area contributed by atoms with E-state index in [9.17, 15) is 9.59 Å². The average Bonchev–Trinajstić information content (AvgIpc) is 2.81. The van der Waals surface area contributed by atoms with Crippen LogP contribution in [0.25, 0.3) is 0 Å². The highest BCUT2D eigenvalue weighted by atomic mass is 79.9. The summed E-state index contributed by atoms with van der Waals surface area (Å²) in [5, 5.41) is 4.69. The molecular formula is C24H19BrCl2N2O5. The minimum absolute atomic E-state index is 0.246. The average molecular weight is 566 g/mol. The Kier molecular flexibility index (Phi) is 8.92. The van der Waals surface area contributed by atoms with Gasteiger partial charge < -0.3 is 14.2 Å². The van der Waals surface area contributed by atoms with Crippen LogP contribution in [0.2, 0.25) is 10.0 Å². The second-order valence-electron chi connectivity index (χ2n) is 6.88. The lowest BCUT2D eigenvalue weighted by molar-refractivity contribution is -0.127. The largest absolute Gasteiger partial charge is 0.493 e. The summed E-state index contributed by atoms with van der Waals surface area (Å²) in [6.07, 6.45) is 0.563. The molecular weight excluding hydrogens is 547 g/mol. The molecule has 0 heterocycles. The first-order chi connectivity index (χ1) is 16.3. The highest BCUT2D eigenvalue weighted by Crippen LogP contribution is 2.29. The van der Waals surface area contributed by atoms with Gasteiger partial charge >= 0.3 is 5.97 Å². The Morgan fingerprint density at radius 1 is 1.03 bits per heavy atom. The number of rotatable bonds is 8. The number of nitrogens with one attached hydrogen (secondary N) is 1. The highest BCUT2D eigenvalue weighted by Gasteiger charge is 2.16. The van der Waals surface area contributed by atoms with Crippen molar-refractivity contribution >= 4 is 57.2 Å². The van der Waals surface area contributed by atoms with Gasteiger partial charge in [-0.15, -0.1) is 0 Å². The zero-order chi connectivity index (χ0) is 24.7. The van der Waals surface area contributed by atoms with Crippen molar-refractivity contribution in [2.24, 2.45) is 5.10 Å². The van der Waals surface area contributed by atoms with Gasteiger partial charge in [-0.25, -0.2) is 10.2 Å². The van der Waals surface area contributed by atoms with Crippen LogP contribution < -0.4 is 19.6 Å². The molecule has 1 N–H and O–H groups in total. The van der Waals surface area contributed by atoms with Crippen molar-refractivity contribution in [3.05, 3.63) is 86.3 Å². The Bertz CT molecular complexity index is 1240. The van der Waals surface area contributed by atoms with Gasteiger partial charge in [-0.05, 0) is 67.1 Å². The first kappa shape index (κ1) is 25.6. The van der Waals surface area contributed by atoms with E-state index in [0.717, 1.165) is 4.47 Å². The fourth-order valence-electron chi connectivity index (χ4n) is 2.70. The third kappa shape index (κ3) is 6.96. The van der Waals surface area contributed by atoms with Crippen LogP contribution in [0, 0.1) is 0 Å². The summed E-state index contributed by atoms with van der Waals surface area (Å²) in [6, 6.07) is 16.4. The van der Waals surface area contributed by atoms with E-state index in [4.69, 9.17) is 37.4 Å². The number of hydrogen-bond donors (Lipinski definition) is 1. The molecule has 0 aromatic heterocycles. The van der Waals surface area contributed by atoms with E-state index < -0.39 is 18.0 Å². The molecule has 0 aliphatic rings. The van der Waals surface area contributed by atoms with Gasteiger partial charge in [0.1, 0.15) is 5.75 Å². The van der Waals surface area contributed by atoms with E-state index in [-0.39, 0.29) is 5.75 Å². The molecule has 0 spiro atoms. The van der Waals surface area contributed by atoms with Crippen LogP contribution in [-0.2, 0) is 4.79 Å². The van der Waals surface area contributed by atoms with Crippen molar-refractivity contribution in [2.45, 2.75) is 13.0 Å². The number of amides is 1. The number of esters is 1. The predicted molar refractivity (Wildman–Crippen MR) is 134 cm³/mol. The van der Waals surface area contributed by atoms with E-state index in [1.165, 1.54) is 19.4 Å². The standard InChI is InChI=1S/C24H19BrCl2N2O5/c1-14(33-20-9-7-18(26)12-19(20)27)23(30)29-28-13-15-6-8-21(22(10-15)32-2)34-24(31)16-4-3-5-17(25)11-16/h3-14H,1-2H3,(H,29,30)/b28-13-/t14-/m1/s1. The topological polar surface area (TPSA) is 86.2 Å². The Labute approximate surface area is 214 Å². The Morgan fingerprint density at radius 3 is 2.50 bits per heavy atom. The molecule has 7 nitrogen and oxygen atoms in total. The number of carbonyl (C=O) groups excluding carboxylic acids is 2. The summed E-state index contributed by atoms with van der Waals surface area (Å²) in [5.74, 6) is -0.101. The third-order valence-corrected chi connectivity index (χ3v) is 5.43. The smallest absolute Gasteiger partial charge is 0.343 e. The van der Waals surface area contributed by atoms with Crippen LogP contribution in [0.15, 0.2) is 70.2 Å². The van der Waals surface area contributed by atoms with Crippen LogP contribution in [0.1, 0.15) is 22.8 Å². The van der Waals surface area contributed by atoms with Crippen LogP contribution in [0.3, 0.4) is 0 Å². The van der Waals surface area contributed by atoms with Crippen molar-refractivity contribution < 1.29 is 23.8 Å². The zero-order valence-corrected chi connectivity index (χ0v) is 21.1. The zero-order valence-electron chi connectivity index (χ0n) is 18.1. The van der Waals surface area contributed by atoms with Gasteiger partial charge in [0.25, 0.3) is 5.91 Å². The Morgan fingerprint density at radius 2 is 1.79 bits per heavy atom. The number of methoxy groups -OCH3 is 1. The van der Waals surface area contributed by atoms with Crippen LogP contribution >= 0.6 is 39.1 Å². The lowest BCUT2D eigenvalue weighted by atomic mass is 10.2. The van der Waals surface area contributed by atoms with E-state index >= 15 is 0 Å². The quantitative estimate of drug-likeness (QED) is 0.159. The monoisotopic (exact) mass is 564 g/mol. The van der Waals surface area contributed by atoms with Crippen molar-refractivity contribution in [3.63, 3.8) is 0 Å². The molecule has 176 valence electrons. The fraction of sp³-hybridized carbons (Fsp3) is 0.125. The molecule has 0 radical (unpaired) electrons. The van der Waals surface area contributed by atoms with Gasteiger partial charge in [-0.2, -0.15) is 5.10 Å². The van der Waals surface area contributed by atoms with Gasteiger partial charge in [0.15, 0.2) is 17.6 Å². The lowest BCUT2D eigenvalue weighted by Gasteiger charge is -2.14. The summed E-state index contributed by atoms with van der Waals surface area (Å²) in [4.78, 5) is 24.7. The molecule has 0 aliphatic heterocycles. The molecule has 10 heteroatoms. The van der Waals surface area contributed by atoms with Crippen molar-refractivity contribution in [1.29, 1.82) is 0 Å². The molecule has 0 saturated carbocycles. The minimum Gasteiger partial charge on any atom is -0.493 e. The number of ether oxygens (including phenoxy) is 3. The molecule has 0 fully saturated rings. The van der Waals surface area contributed by atoms with Crippen LogP contribution in [-0.4, -0.2) is 31.3 Å². The second-order valence-corrected chi connectivity index (χ2v) is 8.64. The summed E-state index contributed by atoms with van der Waals surface area (Å²) in [7, 11) is 1.45. The molecule has 1 atom stereocenters. The van der Waals surface area contributed by atoms with Gasteiger partial charge in [-0.3, -0.25) is 4.79 Å². The number of nitrogens with zero attached hydrogens (tertiary/aromatic N) is 1. The van der Waals surface area contributed by atoms with Crippen molar-refractivity contribution in [2.75, 3.05) is 7.11 Å². The molecule has 3 aromatic rings. The SMILES string of the molecule is COc1cc(/C=N\NC(=O)[C@@H](C)Oc2ccc(Cl)cc2Cl)ccc1OC(=O)c1cccc(Br)c1. The van der Waals surface area contributed by atoms with Gasteiger partial charge in [0, 0.05) is 9.50 Å². The summed E-state index contributed by atoms with van der Waals surface area (Å²) in [6.45, 7) is 1.56. The maximum Gasteiger partial charge on any atom is 0.343 e. The number of halogens is 3. The maximum absolute atomic E-state index is 12.4. The van der Waals surface area contributed by atoms with E-state index in [0.29, 0.717) is 32.7 Å². The van der Waals surface area contributed by atoms with E-state index in [2.05, 4.69) is 26.5 Å².